The van der Waals surface area contributed by atoms with Crippen LogP contribution in [0.2, 0.25) is 0 Å². The second kappa shape index (κ2) is 8.55. The van der Waals surface area contributed by atoms with Gasteiger partial charge in [-0.25, -0.2) is 13.2 Å². The summed E-state index contributed by atoms with van der Waals surface area (Å²) < 4.78 is 33.3. The van der Waals surface area contributed by atoms with Gasteiger partial charge in [0.25, 0.3) is 0 Å². The highest BCUT2D eigenvalue weighted by Crippen LogP contribution is 2.28. The zero-order valence-corrected chi connectivity index (χ0v) is 17.9. The molecule has 3 rings (SSSR count). The minimum Gasteiger partial charge on any atom is -0.443 e. The molecule has 1 fully saturated rings. The van der Waals surface area contributed by atoms with Crippen molar-refractivity contribution in [3.05, 3.63) is 60.7 Å². The minimum atomic E-state index is -3.62. The highest BCUT2D eigenvalue weighted by atomic mass is 32.2. The zero-order chi connectivity index (χ0) is 21.1. The van der Waals surface area contributed by atoms with Gasteiger partial charge in [0, 0.05) is 18.8 Å². The maximum atomic E-state index is 13.1. The monoisotopic (exact) mass is 416 g/mol. The molecular formula is C22H28N2O4S. The molecular weight excluding hydrogens is 388 g/mol. The van der Waals surface area contributed by atoms with E-state index in [4.69, 9.17) is 4.74 Å². The Balaban J connectivity index is 1.89. The second-order valence-corrected chi connectivity index (χ2v) is 10.1. The molecule has 1 aliphatic heterocycles. The number of carbonyl (C=O) groups is 1. The third kappa shape index (κ3) is 5.16. The summed E-state index contributed by atoms with van der Waals surface area (Å²) in [4.78, 5) is 14.9. The van der Waals surface area contributed by atoms with E-state index in [9.17, 15) is 13.2 Å². The molecule has 0 radical (unpaired) electrons. The molecule has 0 aromatic heterocycles. The summed E-state index contributed by atoms with van der Waals surface area (Å²) in [5.41, 5.74) is 0.0555. The van der Waals surface area contributed by atoms with Gasteiger partial charge in [0.05, 0.1) is 10.9 Å². The molecule has 0 saturated carbocycles. The number of sulfonamides is 1. The van der Waals surface area contributed by atoms with Crippen molar-refractivity contribution < 1.29 is 17.9 Å². The van der Waals surface area contributed by atoms with E-state index in [0.717, 1.165) is 0 Å². The van der Waals surface area contributed by atoms with Crippen molar-refractivity contribution >= 4 is 21.8 Å². The Morgan fingerprint density at radius 1 is 1.03 bits per heavy atom. The molecule has 7 heteroatoms. The number of amides is 1. The Hall–Kier alpha value is -2.38. The third-order valence-corrected chi connectivity index (χ3v) is 6.61. The number of hydrogen-bond donors (Lipinski definition) is 0. The molecule has 0 bridgehead atoms. The Labute approximate surface area is 173 Å². The first kappa shape index (κ1) is 21.3. The summed E-state index contributed by atoms with van der Waals surface area (Å²) >= 11 is 0. The number of rotatable bonds is 4. The topological polar surface area (TPSA) is 66.9 Å². The molecule has 1 unspecified atom stereocenters. The van der Waals surface area contributed by atoms with E-state index in [2.05, 4.69) is 0 Å². The van der Waals surface area contributed by atoms with Crippen LogP contribution in [0.25, 0.3) is 0 Å². The minimum absolute atomic E-state index is 0.228. The number of benzene rings is 2. The normalized spacial score (nSPS) is 18.2. The van der Waals surface area contributed by atoms with Gasteiger partial charge in [0.1, 0.15) is 5.60 Å². The average Bonchev–Trinajstić information content (AvgIpc) is 2.68. The van der Waals surface area contributed by atoms with E-state index in [1.807, 2.05) is 51.1 Å². The van der Waals surface area contributed by atoms with E-state index in [-0.39, 0.29) is 17.5 Å². The van der Waals surface area contributed by atoms with Crippen LogP contribution in [-0.2, 0) is 14.8 Å². The number of nitrogens with zero attached hydrogens (tertiary/aromatic N) is 2. The zero-order valence-electron chi connectivity index (χ0n) is 17.1. The van der Waals surface area contributed by atoms with Gasteiger partial charge in [-0.2, -0.15) is 4.31 Å². The van der Waals surface area contributed by atoms with Crippen molar-refractivity contribution in [3.8, 4) is 0 Å². The first-order chi connectivity index (χ1) is 13.7. The Kier molecular flexibility index (Phi) is 6.29. The number of anilines is 1. The molecule has 6 nitrogen and oxygen atoms in total. The summed E-state index contributed by atoms with van der Waals surface area (Å²) in [6, 6.07) is 17.4. The predicted molar refractivity (Wildman–Crippen MR) is 113 cm³/mol. The van der Waals surface area contributed by atoms with Gasteiger partial charge in [-0.3, -0.25) is 4.90 Å². The number of para-hydroxylation sites is 1. The highest BCUT2D eigenvalue weighted by molar-refractivity contribution is 7.89. The SMILES string of the molecule is CC(C)(C)OC(=O)N(c1ccccc1)C1CCCN(S(=O)(=O)c2ccccc2)C1. The van der Waals surface area contributed by atoms with Gasteiger partial charge >= 0.3 is 6.09 Å². The van der Waals surface area contributed by atoms with Crippen LogP contribution >= 0.6 is 0 Å². The van der Waals surface area contributed by atoms with Gasteiger partial charge in [-0.15, -0.1) is 0 Å². The van der Waals surface area contributed by atoms with Crippen LogP contribution < -0.4 is 4.90 Å². The van der Waals surface area contributed by atoms with E-state index < -0.39 is 21.7 Å². The fraction of sp³-hybridized carbons (Fsp3) is 0.409. The molecule has 2 aromatic rings. The number of hydrogen-bond acceptors (Lipinski definition) is 4. The summed E-state index contributed by atoms with van der Waals surface area (Å²) in [5, 5.41) is 0. The van der Waals surface area contributed by atoms with Crippen molar-refractivity contribution in [2.75, 3.05) is 18.0 Å². The molecule has 0 spiro atoms. The van der Waals surface area contributed by atoms with E-state index in [1.54, 1.807) is 35.2 Å². The predicted octanol–water partition coefficient (Wildman–Crippen LogP) is 4.28. The largest absolute Gasteiger partial charge is 0.443 e. The lowest BCUT2D eigenvalue weighted by molar-refractivity contribution is 0.0554. The van der Waals surface area contributed by atoms with Gasteiger partial charge in [0.15, 0.2) is 0 Å². The van der Waals surface area contributed by atoms with Crippen LogP contribution in [0.1, 0.15) is 33.6 Å². The van der Waals surface area contributed by atoms with Crippen LogP contribution in [0.3, 0.4) is 0 Å². The van der Waals surface area contributed by atoms with Crippen LogP contribution in [0, 0.1) is 0 Å². The lowest BCUT2D eigenvalue weighted by Gasteiger charge is -2.39. The van der Waals surface area contributed by atoms with E-state index in [1.165, 1.54) is 4.31 Å². The van der Waals surface area contributed by atoms with Gasteiger partial charge < -0.3 is 4.74 Å². The lowest BCUT2D eigenvalue weighted by Crippen LogP contribution is -2.53. The molecule has 29 heavy (non-hydrogen) atoms. The van der Waals surface area contributed by atoms with E-state index in [0.29, 0.717) is 25.1 Å². The van der Waals surface area contributed by atoms with Crippen molar-refractivity contribution in [2.24, 2.45) is 0 Å². The number of ether oxygens (including phenoxy) is 1. The molecule has 1 atom stereocenters. The molecule has 1 amide bonds. The molecule has 1 aliphatic rings. The Bertz CT molecular complexity index is 924. The van der Waals surface area contributed by atoms with E-state index >= 15 is 0 Å². The first-order valence-corrected chi connectivity index (χ1v) is 11.2. The van der Waals surface area contributed by atoms with Crippen LogP contribution in [0.5, 0.6) is 0 Å². The molecule has 156 valence electrons. The van der Waals surface area contributed by atoms with Crippen LogP contribution in [0.15, 0.2) is 65.6 Å². The van der Waals surface area contributed by atoms with Crippen molar-refractivity contribution in [3.63, 3.8) is 0 Å². The molecule has 2 aromatic carbocycles. The fourth-order valence-corrected chi connectivity index (χ4v) is 4.99. The molecule has 1 saturated heterocycles. The summed E-state index contributed by atoms with van der Waals surface area (Å²) in [7, 11) is -3.62. The summed E-state index contributed by atoms with van der Waals surface area (Å²) in [6.07, 6.45) is 0.908. The lowest BCUT2D eigenvalue weighted by atomic mass is 10.1. The third-order valence-electron chi connectivity index (χ3n) is 4.73. The second-order valence-electron chi connectivity index (χ2n) is 8.16. The number of piperidine rings is 1. The number of carbonyl (C=O) groups excluding carboxylic acids is 1. The van der Waals surface area contributed by atoms with Crippen molar-refractivity contribution in [1.82, 2.24) is 4.31 Å². The first-order valence-electron chi connectivity index (χ1n) is 9.81. The van der Waals surface area contributed by atoms with Crippen LogP contribution in [0.4, 0.5) is 10.5 Å². The van der Waals surface area contributed by atoms with Gasteiger partial charge in [0.2, 0.25) is 10.0 Å². The standard InChI is InChI=1S/C22H28N2O4S/c1-22(2,3)28-21(25)24(18-11-6-4-7-12-18)19-13-10-16-23(17-19)29(26,27)20-14-8-5-9-15-20/h4-9,11-12,14-15,19H,10,13,16-17H2,1-3H3. The molecule has 0 N–H and O–H groups in total. The quantitative estimate of drug-likeness (QED) is 0.746. The Morgan fingerprint density at radius 2 is 1.62 bits per heavy atom. The van der Waals surface area contributed by atoms with Crippen molar-refractivity contribution in [2.45, 2.75) is 50.2 Å². The summed E-state index contributed by atoms with van der Waals surface area (Å²) in [5.74, 6) is 0. The fourth-order valence-electron chi connectivity index (χ4n) is 3.46. The maximum Gasteiger partial charge on any atom is 0.415 e. The van der Waals surface area contributed by atoms with Gasteiger partial charge in [-0.05, 0) is 57.9 Å². The van der Waals surface area contributed by atoms with Crippen LogP contribution in [-0.4, -0.2) is 43.5 Å². The smallest absolute Gasteiger partial charge is 0.415 e. The highest BCUT2D eigenvalue weighted by Gasteiger charge is 2.36. The Morgan fingerprint density at radius 3 is 2.21 bits per heavy atom. The van der Waals surface area contributed by atoms with Crippen molar-refractivity contribution in [1.29, 1.82) is 0 Å². The van der Waals surface area contributed by atoms with Gasteiger partial charge in [-0.1, -0.05) is 36.4 Å². The molecule has 1 heterocycles. The summed E-state index contributed by atoms with van der Waals surface area (Å²) in [6.45, 7) is 6.12. The maximum absolute atomic E-state index is 13.1. The average molecular weight is 417 g/mol. The molecule has 0 aliphatic carbocycles.